The van der Waals surface area contributed by atoms with E-state index in [-0.39, 0.29) is 17.2 Å². The van der Waals surface area contributed by atoms with Gasteiger partial charge in [-0.05, 0) is 64.0 Å². The number of anilines is 1. The van der Waals surface area contributed by atoms with Gasteiger partial charge in [0.05, 0.1) is 5.56 Å². The van der Waals surface area contributed by atoms with E-state index in [1.807, 2.05) is 26.8 Å². The van der Waals surface area contributed by atoms with Gasteiger partial charge >= 0.3 is 6.09 Å². The SMILES string of the molecule is CN(C)C(=O)c1ccc(N2CCC(CC3CN(C(=O)OC(C)(C)C)C3)CC2)nc1Cl. The first kappa shape index (κ1) is 22.7. The van der Waals surface area contributed by atoms with Crippen molar-refractivity contribution in [2.75, 3.05) is 45.2 Å². The highest BCUT2D eigenvalue weighted by atomic mass is 35.5. The van der Waals surface area contributed by atoms with Crippen LogP contribution in [0.25, 0.3) is 0 Å². The van der Waals surface area contributed by atoms with Crippen LogP contribution in [0.4, 0.5) is 10.6 Å². The van der Waals surface area contributed by atoms with Crippen molar-refractivity contribution < 1.29 is 14.3 Å². The van der Waals surface area contributed by atoms with Gasteiger partial charge in [-0.15, -0.1) is 0 Å². The number of pyridine rings is 1. The molecule has 0 bridgehead atoms. The van der Waals surface area contributed by atoms with E-state index in [2.05, 4.69) is 9.88 Å². The van der Waals surface area contributed by atoms with Gasteiger partial charge in [-0.3, -0.25) is 4.79 Å². The minimum Gasteiger partial charge on any atom is -0.444 e. The topological polar surface area (TPSA) is 66.0 Å². The molecule has 2 aliphatic rings. The van der Waals surface area contributed by atoms with Crippen LogP contribution in [0.5, 0.6) is 0 Å². The van der Waals surface area contributed by atoms with Crippen molar-refractivity contribution in [3.63, 3.8) is 0 Å². The molecule has 7 nitrogen and oxygen atoms in total. The van der Waals surface area contributed by atoms with Gasteiger partial charge in [0.1, 0.15) is 16.6 Å². The van der Waals surface area contributed by atoms with Crippen molar-refractivity contribution in [3.8, 4) is 0 Å². The summed E-state index contributed by atoms with van der Waals surface area (Å²) in [5, 5.41) is 0.255. The minimum absolute atomic E-state index is 0.140. The molecule has 2 saturated heterocycles. The number of carbonyl (C=O) groups excluding carboxylic acids is 2. The number of amides is 2. The zero-order chi connectivity index (χ0) is 22.1. The first-order valence-electron chi connectivity index (χ1n) is 10.6. The monoisotopic (exact) mass is 436 g/mol. The lowest BCUT2D eigenvalue weighted by Crippen LogP contribution is -2.52. The molecule has 0 radical (unpaired) electrons. The van der Waals surface area contributed by atoms with E-state index in [1.165, 1.54) is 4.90 Å². The number of halogens is 1. The average molecular weight is 437 g/mol. The summed E-state index contributed by atoms with van der Waals surface area (Å²) in [6.07, 6.45) is 3.14. The first-order valence-corrected chi connectivity index (χ1v) is 11.0. The van der Waals surface area contributed by atoms with Gasteiger partial charge in [-0.25, -0.2) is 9.78 Å². The van der Waals surface area contributed by atoms with Crippen molar-refractivity contribution in [3.05, 3.63) is 22.8 Å². The molecule has 8 heteroatoms. The van der Waals surface area contributed by atoms with E-state index < -0.39 is 5.60 Å². The molecule has 0 spiro atoms. The fourth-order valence-electron chi connectivity index (χ4n) is 4.06. The van der Waals surface area contributed by atoms with Gasteiger partial charge < -0.3 is 19.4 Å². The van der Waals surface area contributed by atoms with Crippen molar-refractivity contribution in [1.29, 1.82) is 0 Å². The van der Waals surface area contributed by atoms with Gasteiger partial charge in [-0.2, -0.15) is 0 Å². The van der Waals surface area contributed by atoms with Gasteiger partial charge in [0.25, 0.3) is 5.91 Å². The Kier molecular flexibility index (Phi) is 6.80. The summed E-state index contributed by atoms with van der Waals surface area (Å²) in [6, 6.07) is 3.65. The highest BCUT2D eigenvalue weighted by Gasteiger charge is 2.35. The number of hydrogen-bond donors (Lipinski definition) is 0. The molecule has 166 valence electrons. The Hall–Kier alpha value is -2.02. The van der Waals surface area contributed by atoms with Crippen molar-refractivity contribution in [1.82, 2.24) is 14.8 Å². The zero-order valence-corrected chi connectivity index (χ0v) is 19.4. The third kappa shape index (κ3) is 5.56. The fourth-order valence-corrected chi connectivity index (χ4v) is 4.30. The Balaban J connectivity index is 1.44. The third-order valence-electron chi connectivity index (χ3n) is 5.68. The summed E-state index contributed by atoms with van der Waals surface area (Å²) in [7, 11) is 3.40. The first-order chi connectivity index (χ1) is 14.0. The maximum atomic E-state index is 12.1. The van der Waals surface area contributed by atoms with Gasteiger partial charge in [0.15, 0.2) is 0 Å². The highest BCUT2D eigenvalue weighted by molar-refractivity contribution is 6.32. The molecule has 2 amide bonds. The second kappa shape index (κ2) is 9.00. The Bertz CT molecular complexity index is 779. The molecule has 0 atom stereocenters. The molecule has 2 fully saturated rings. The van der Waals surface area contributed by atoms with E-state index in [0.717, 1.165) is 51.3 Å². The van der Waals surface area contributed by atoms with Crippen molar-refractivity contribution in [2.24, 2.45) is 11.8 Å². The van der Waals surface area contributed by atoms with E-state index in [1.54, 1.807) is 25.1 Å². The van der Waals surface area contributed by atoms with Crippen LogP contribution in [0.1, 0.15) is 50.4 Å². The van der Waals surface area contributed by atoms with Gasteiger partial charge in [-0.1, -0.05) is 11.6 Å². The maximum Gasteiger partial charge on any atom is 0.410 e. The number of aromatic nitrogens is 1. The molecule has 0 unspecified atom stereocenters. The normalized spacial score (nSPS) is 18.2. The van der Waals surface area contributed by atoms with Crippen LogP contribution < -0.4 is 4.90 Å². The lowest BCUT2D eigenvalue weighted by Gasteiger charge is -2.42. The van der Waals surface area contributed by atoms with Crippen LogP contribution in [0, 0.1) is 11.8 Å². The summed E-state index contributed by atoms with van der Waals surface area (Å²) in [5.41, 5.74) is -0.0102. The predicted octanol–water partition coefficient (Wildman–Crippen LogP) is 3.91. The Morgan fingerprint density at radius 2 is 1.80 bits per heavy atom. The molecule has 3 rings (SSSR count). The number of hydrogen-bond acceptors (Lipinski definition) is 5. The number of likely N-dealkylation sites (tertiary alicyclic amines) is 1. The fraction of sp³-hybridized carbons (Fsp3) is 0.682. The Labute approximate surface area is 184 Å². The van der Waals surface area contributed by atoms with Crippen LogP contribution >= 0.6 is 11.6 Å². The van der Waals surface area contributed by atoms with Gasteiger partial charge in [0, 0.05) is 40.3 Å². The Morgan fingerprint density at radius 1 is 1.17 bits per heavy atom. The number of nitrogens with zero attached hydrogens (tertiary/aromatic N) is 4. The average Bonchev–Trinajstić information content (AvgIpc) is 2.62. The second-order valence-electron chi connectivity index (χ2n) is 9.62. The molecule has 0 aliphatic carbocycles. The summed E-state index contributed by atoms with van der Waals surface area (Å²) < 4.78 is 5.43. The number of ether oxygens (including phenoxy) is 1. The van der Waals surface area contributed by atoms with Crippen LogP contribution in [0.15, 0.2) is 12.1 Å². The zero-order valence-electron chi connectivity index (χ0n) is 18.7. The standard InChI is InChI=1S/C22H33ClN4O3/c1-22(2,3)30-21(29)27-13-16(14-27)12-15-8-10-26(11-9-15)18-7-6-17(19(23)24-18)20(28)25(4)5/h6-7,15-16H,8-14H2,1-5H3. The Morgan fingerprint density at radius 3 is 2.33 bits per heavy atom. The van der Waals surface area contributed by atoms with Crippen LogP contribution in [0.3, 0.4) is 0 Å². The lowest BCUT2D eigenvalue weighted by atomic mass is 9.84. The largest absolute Gasteiger partial charge is 0.444 e. The van der Waals surface area contributed by atoms with Crippen LogP contribution in [-0.2, 0) is 4.74 Å². The molecule has 0 N–H and O–H groups in total. The van der Waals surface area contributed by atoms with Crippen LogP contribution in [0.2, 0.25) is 5.15 Å². The molecule has 1 aromatic rings. The smallest absolute Gasteiger partial charge is 0.410 e. The molecule has 0 saturated carbocycles. The molecule has 1 aromatic heterocycles. The molecule has 0 aromatic carbocycles. The summed E-state index contributed by atoms with van der Waals surface area (Å²) in [4.78, 5) is 34.2. The highest BCUT2D eigenvalue weighted by Crippen LogP contribution is 2.32. The molecule has 2 aliphatic heterocycles. The predicted molar refractivity (Wildman–Crippen MR) is 118 cm³/mol. The number of piperidine rings is 1. The minimum atomic E-state index is -0.441. The van der Waals surface area contributed by atoms with E-state index in [9.17, 15) is 9.59 Å². The molecular formula is C22H33ClN4O3. The number of rotatable bonds is 4. The lowest BCUT2D eigenvalue weighted by molar-refractivity contribution is -0.00500. The summed E-state index contributed by atoms with van der Waals surface area (Å²) in [6.45, 7) is 9.14. The van der Waals surface area contributed by atoms with Crippen LogP contribution in [-0.4, -0.2) is 72.7 Å². The molecular weight excluding hydrogens is 404 g/mol. The van der Waals surface area contributed by atoms with Crippen molar-refractivity contribution in [2.45, 2.75) is 45.6 Å². The summed E-state index contributed by atoms with van der Waals surface area (Å²) in [5.74, 6) is 1.92. The molecule has 30 heavy (non-hydrogen) atoms. The second-order valence-corrected chi connectivity index (χ2v) is 9.98. The molecule has 3 heterocycles. The van der Waals surface area contributed by atoms with Gasteiger partial charge in [0.2, 0.25) is 0 Å². The van der Waals surface area contributed by atoms with Crippen molar-refractivity contribution >= 4 is 29.4 Å². The maximum absolute atomic E-state index is 12.1. The van der Waals surface area contributed by atoms with E-state index >= 15 is 0 Å². The van der Waals surface area contributed by atoms with E-state index in [4.69, 9.17) is 16.3 Å². The van der Waals surface area contributed by atoms with E-state index in [0.29, 0.717) is 17.4 Å². The summed E-state index contributed by atoms with van der Waals surface area (Å²) >= 11 is 6.26. The quantitative estimate of drug-likeness (QED) is 0.669. The third-order valence-corrected chi connectivity index (χ3v) is 5.97. The number of carbonyl (C=O) groups is 2.